The van der Waals surface area contributed by atoms with E-state index in [2.05, 4.69) is 23.6 Å². The van der Waals surface area contributed by atoms with Crippen LogP contribution in [0.3, 0.4) is 0 Å². The van der Waals surface area contributed by atoms with Crippen LogP contribution >= 0.6 is 23.6 Å². The van der Waals surface area contributed by atoms with E-state index in [1.807, 2.05) is 18.2 Å². The number of hydrogen-bond acceptors (Lipinski definition) is 5. The summed E-state index contributed by atoms with van der Waals surface area (Å²) >= 11 is 6.83. The highest BCUT2D eigenvalue weighted by Crippen LogP contribution is 2.39. The molecule has 0 fully saturated rings. The second-order valence-electron chi connectivity index (χ2n) is 6.72. The van der Waals surface area contributed by atoms with Crippen molar-refractivity contribution in [3.8, 4) is 6.07 Å². The van der Waals surface area contributed by atoms with Crippen molar-refractivity contribution in [1.82, 2.24) is 5.32 Å². The molecule has 7 heteroatoms. The fraction of sp³-hybridized carbons (Fsp3) is 0.250. The molecule has 1 aromatic carbocycles. The number of anilines is 1. The van der Waals surface area contributed by atoms with Gasteiger partial charge in [-0.15, -0.1) is 11.3 Å². The Balaban J connectivity index is 1.49. The molecular formula is C20H17N3O2S2. The molecule has 3 aromatic rings. The maximum absolute atomic E-state index is 12.4. The van der Waals surface area contributed by atoms with Crippen molar-refractivity contribution in [2.45, 2.75) is 26.2 Å². The lowest BCUT2D eigenvalue weighted by Crippen LogP contribution is -2.33. The Morgan fingerprint density at radius 3 is 3.00 bits per heavy atom. The van der Waals surface area contributed by atoms with Crippen molar-refractivity contribution in [1.29, 1.82) is 5.26 Å². The molecule has 0 aliphatic heterocycles. The van der Waals surface area contributed by atoms with Gasteiger partial charge < -0.3 is 9.73 Å². The Morgan fingerprint density at radius 2 is 2.22 bits per heavy atom. The third-order valence-corrected chi connectivity index (χ3v) is 6.10. The van der Waals surface area contributed by atoms with Crippen LogP contribution in [0.5, 0.6) is 0 Å². The summed E-state index contributed by atoms with van der Waals surface area (Å²) in [4.78, 5) is 13.6. The lowest BCUT2D eigenvalue weighted by Gasteiger charge is -2.17. The van der Waals surface area contributed by atoms with Crippen LogP contribution in [0, 0.1) is 17.2 Å². The van der Waals surface area contributed by atoms with Gasteiger partial charge in [0.25, 0.3) is 5.91 Å². The zero-order chi connectivity index (χ0) is 19.0. The molecule has 0 bridgehead atoms. The number of amides is 1. The Bertz CT molecular complexity index is 1060. The molecule has 0 saturated carbocycles. The number of nitrogens with one attached hydrogen (secondary N) is 2. The summed E-state index contributed by atoms with van der Waals surface area (Å²) in [6.45, 7) is 2.22. The summed E-state index contributed by atoms with van der Waals surface area (Å²) in [6, 6.07) is 11.4. The lowest BCUT2D eigenvalue weighted by atomic mass is 9.89. The third-order valence-electron chi connectivity index (χ3n) is 4.73. The number of thiophene rings is 1. The summed E-state index contributed by atoms with van der Waals surface area (Å²) in [7, 11) is 0. The zero-order valence-corrected chi connectivity index (χ0v) is 16.3. The summed E-state index contributed by atoms with van der Waals surface area (Å²) in [5.74, 6) is 0.396. The Labute approximate surface area is 166 Å². The molecule has 27 heavy (non-hydrogen) atoms. The summed E-state index contributed by atoms with van der Waals surface area (Å²) in [5, 5.41) is 16.9. The molecule has 5 nitrogen and oxygen atoms in total. The van der Waals surface area contributed by atoms with E-state index in [-0.39, 0.29) is 10.9 Å². The van der Waals surface area contributed by atoms with Crippen molar-refractivity contribution in [3.05, 3.63) is 52.1 Å². The molecule has 2 aromatic heterocycles. The zero-order valence-electron chi connectivity index (χ0n) is 14.7. The molecule has 136 valence electrons. The first-order valence-corrected chi connectivity index (χ1v) is 9.93. The molecule has 0 radical (unpaired) electrons. The van der Waals surface area contributed by atoms with Gasteiger partial charge in [-0.1, -0.05) is 25.1 Å². The topological polar surface area (TPSA) is 78.1 Å². The highest BCUT2D eigenvalue weighted by atomic mass is 32.1. The minimum atomic E-state index is -0.419. The number of thiocarbonyl (C=S) groups is 1. The minimum absolute atomic E-state index is 0.156. The van der Waals surface area contributed by atoms with Gasteiger partial charge in [0.05, 0.1) is 5.56 Å². The van der Waals surface area contributed by atoms with Crippen LogP contribution in [0.4, 0.5) is 5.00 Å². The molecule has 2 N–H and O–H groups in total. The highest BCUT2D eigenvalue weighted by Gasteiger charge is 2.24. The highest BCUT2D eigenvalue weighted by molar-refractivity contribution is 7.80. The number of rotatable bonds is 2. The van der Waals surface area contributed by atoms with E-state index in [0.29, 0.717) is 22.1 Å². The predicted octanol–water partition coefficient (Wildman–Crippen LogP) is 4.62. The third kappa shape index (κ3) is 3.46. The summed E-state index contributed by atoms with van der Waals surface area (Å²) < 4.78 is 5.55. The van der Waals surface area contributed by atoms with E-state index in [1.54, 1.807) is 23.5 Å². The van der Waals surface area contributed by atoms with Crippen molar-refractivity contribution in [2.24, 2.45) is 5.92 Å². The lowest BCUT2D eigenvalue weighted by molar-refractivity contribution is 0.0953. The van der Waals surface area contributed by atoms with Crippen molar-refractivity contribution < 1.29 is 9.21 Å². The van der Waals surface area contributed by atoms with Crippen LogP contribution < -0.4 is 10.6 Å². The van der Waals surface area contributed by atoms with Gasteiger partial charge in [0, 0.05) is 10.3 Å². The Hall–Kier alpha value is -2.69. The normalized spacial score (nSPS) is 15.8. The number of furan rings is 1. The van der Waals surface area contributed by atoms with Gasteiger partial charge in [-0.3, -0.25) is 10.1 Å². The standard InChI is InChI=1S/C20H17N3O2S2/c1-11-6-7-13-14(10-21)19(27-17(13)8-11)23-20(26)22-18(24)16-9-12-4-2-3-5-15(12)25-16/h2-5,9,11H,6-8H2,1H3,(H2,22,23,24,26)/t11-/m0/s1. The summed E-state index contributed by atoms with van der Waals surface area (Å²) in [5.41, 5.74) is 2.41. The Kier molecular flexibility index (Phi) is 4.68. The summed E-state index contributed by atoms with van der Waals surface area (Å²) in [6.07, 6.45) is 2.98. The van der Waals surface area contributed by atoms with E-state index in [4.69, 9.17) is 16.6 Å². The molecule has 1 atom stereocenters. The van der Waals surface area contributed by atoms with Gasteiger partial charge in [-0.2, -0.15) is 5.26 Å². The molecule has 1 aliphatic rings. The molecule has 0 saturated heterocycles. The number of carbonyl (C=O) groups excluding carboxylic acids is 1. The SMILES string of the molecule is C[C@H]1CCc2c(sc(NC(=S)NC(=O)c3cc4ccccc4o3)c2C#N)C1. The van der Waals surface area contributed by atoms with Crippen molar-refractivity contribution >= 4 is 50.5 Å². The molecule has 1 aliphatic carbocycles. The number of benzene rings is 1. The second-order valence-corrected chi connectivity index (χ2v) is 8.24. The maximum Gasteiger partial charge on any atom is 0.293 e. The quantitative estimate of drug-likeness (QED) is 0.619. The number of hydrogen-bond donors (Lipinski definition) is 2. The smallest absolute Gasteiger partial charge is 0.293 e. The average molecular weight is 396 g/mol. The number of nitrogens with zero attached hydrogens (tertiary/aromatic N) is 1. The largest absolute Gasteiger partial charge is 0.451 e. The molecule has 1 amide bonds. The van der Waals surface area contributed by atoms with E-state index in [9.17, 15) is 10.1 Å². The first-order valence-electron chi connectivity index (χ1n) is 8.70. The monoisotopic (exact) mass is 395 g/mol. The Morgan fingerprint density at radius 1 is 1.41 bits per heavy atom. The van der Waals surface area contributed by atoms with Gasteiger partial charge in [0.15, 0.2) is 10.9 Å². The van der Waals surface area contributed by atoms with E-state index in [1.165, 1.54) is 4.88 Å². The van der Waals surface area contributed by atoms with E-state index in [0.717, 1.165) is 30.2 Å². The van der Waals surface area contributed by atoms with Gasteiger partial charge in [-0.05, 0) is 55.1 Å². The molecular weight excluding hydrogens is 378 g/mol. The van der Waals surface area contributed by atoms with Crippen LogP contribution in [0.1, 0.15) is 39.9 Å². The van der Waals surface area contributed by atoms with Gasteiger partial charge in [0.1, 0.15) is 16.7 Å². The molecule has 4 rings (SSSR count). The number of para-hydroxylation sites is 1. The number of nitriles is 1. The van der Waals surface area contributed by atoms with Crippen molar-refractivity contribution in [3.63, 3.8) is 0 Å². The van der Waals surface area contributed by atoms with Crippen LogP contribution in [-0.4, -0.2) is 11.0 Å². The van der Waals surface area contributed by atoms with Gasteiger partial charge in [0.2, 0.25) is 0 Å². The van der Waals surface area contributed by atoms with Crippen LogP contribution in [0.15, 0.2) is 34.7 Å². The molecule has 2 heterocycles. The van der Waals surface area contributed by atoms with Crippen LogP contribution in [0.2, 0.25) is 0 Å². The van der Waals surface area contributed by atoms with Crippen molar-refractivity contribution in [2.75, 3.05) is 5.32 Å². The molecule has 0 spiro atoms. The van der Waals surface area contributed by atoms with E-state index >= 15 is 0 Å². The minimum Gasteiger partial charge on any atom is -0.451 e. The first-order chi connectivity index (χ1) is 13.0. The fourth-order valence-electron chi connectivity index (χ4n) is 3.35. The number of carbonyl (C=O) groups is 1. The predicted molar refractivity (Wildman–Crippen MR) is 110 cm³/mol. The first kappa shape index (κ1) is 17.7. The number of fused-ring (bicyclic) bond motifs is 2. The van der Waals surface area contributed by atoms with Crippen LogP contribution in [-0.2, 0) is 12.8 Å². The van der Waals surface area contributed by atoms with Crippen LogP contribution in [0.25, 0.3) is 11.0 Å². The van der Waals surface area contributed by atoms with Gasteiger partial charge in [-0.25, -0.2) is 0 Å². The molecule has 0 unspecified atom stereocenters. The van der Waals surface area contributed by atoms with E-state index < -0.39 is 5.91 Å². The average Bonchev–Trinajstić information content (AvgIpc) is 3.21. The fourth-order valence-corrected chi connectivity index (χ4v) is 4.97. The second kappa shape index (κ2) is 7.14. The maximum atomic E-state index is 12.4. The van der Waals surface area contributed by atoms with Gasteiger partial charge >= 0.3 is 0 Å².